The average Bonchev–Trinajstić information content (AvgIpc) is 2.48. The first-order valence-electron chi connectivity index (χ1n) is 5.89. The third-order valence-corrected chi connectivity index (χ3v) is 3.73. The standard InChI is InChI=1S/C15H8BrN3O/c16-12-7-6-10-13(11(12)8-17)14(18-19-15(10)20)9-4-2-1-3-5-9/h1-7H,(H,19,20). The molecule has 0 aliphatic heterocycles. The highest BCUT2D eigenvalue weighted by Gasteiger charge is 2.14. The van der Waals surface area contributed by atoms with Crippen molar-refractivity contribution in [2.45, 2.75) is 0 Å². The molecule has 0 unspecified atom stereocenters. The molecule has 4 nitrogen and oxygen atoms in total. The van der Waals surface area contributed by atoms with E-state index in [9.17, 15) is 10.1 Å². The van der Waals surface area contributed by atoms with Crippen LogP contribution in [0.4, 0.5) is 0 Å². The summed E-state index contributed by atoms with van der Waals surface area (Å²) in [5.74, 6) is 0. The Balaban J connectivity index is 2.52. The Labute approximate surface area is 122 Å². The minimum atomic E-state index is -0.302. The summed E-state index contributed by atoms with van der Waals surface area (Å²) in [5.41, 5.74) is 1.56. The van der Waals surface area contributed by atoms with Crippen LogP contribution in [0, 0.1) is 11.3 Å². The van der Waals surface area contributed by atoms with Gasteiger partial charge in [0.2, 0.25) is 0 Å². The van der Waals surface area contributed by atoms with Crippen LogP contribution in [0.15, 0.2) is 51.7 Å². The van der Waals surface area contributed by atoms with Crippen molar-refractivity contribution in [3.63, 3.8) is 0 Å². The molecule has 0 aliphatic rings. The van der Waals surface area contributed by atoms with Crippen molar-refractivity contribution < 1.29 is 0 Å². The fraction of sp³-hybridized carbons (Fsp3) is 0. The molecule has 0 saturated heterocycles. The van der Waals surface area contributed by atoms with E-state index >= 15 is 0 Å². The molecule has 1 aromatic heterocycles. The number of hydrogen-bond acceptors (Lipinski definition) is 3. The number of rotatable bonds is 1. The quantitative estimate of drug-likeness (QED) is 0.746. The Kier molecular flexibility index (Phi) is 3.09. The van der Waals surface area contributed by atoms with Crippen LogP contribution in [0.25, 0.3) is 22.0 Å². The molecule has 1 heterocycles. The van der Waals surface area contributed by atoms with Crippen LogP contribution < -0.4 is 5.56 Å². The molecule has 1 N–H and O–H groups in total. The number of benzene rings is 2. The zero-order chi connectivity index (χ0) is 14.1. The number of halogens is 1. The number of nitriles is 1. The Morgan fingerprint density at radius 2 is 1.90 bits per heavy atom. The first-order valence-corrected chi connectivity index (χ1v) is 6.68. The maximum Gasteiger partial charge on any atom is 0.272 e. The average molecular weight is 326 g/mol. The molecule has 0 atom stereocenters. The van der Waals surface area contributed by atoms with E-state index < -0.39 is 0 Å². The zero-order valence-electron chi connectivity index (χ0n) is 10.2. The molecule has 0 spiro atoms. The predicted molar refractivity (Wildman–Crippen MR) is 80.2 cm³/mol. The van der Waals surface area contributed by atoms with Crippen LogP contribution in [-0.4, -0.2) is 10.2 Å². The Hall–Kier alpha value is -2.45. The number of aromatic nitrogens is 2. The maximum atomic E-state index is 11.9. The van der Waals surface area contributed by atoms with E-state index in [2.05, 4.69) is 32.2 Å². The van der Waals surface area contributed by atoms with Gasteiger partial charge in [-0.3, -0.25) is 4.79 Å². The monoisotopic (exact) mass is 325 g/mol. The Morgan fingerprint density at radius 3 is 2.60 bits per heavy atom. The normalized spacial score (nSPS) is 10.4. The van der Waals surface area contributed by atoms with Crippen LogP contribution in [0.3, 0.4) is 0 Å². The highest BCUT2D eigenvalue weighted by Crippen LogP contribution is 2.30. The van der Waals surface area contributed by atoms with Crippen molar-refractivity contribution in [3.8, 4) is 17.3 Å². The molecule has 0 bridgehead atoms. The van der Waals surface area contributed by atoms with Gasteiger partial charge in [-0.15, -0.1) is 0 Å². The van der Waals surface area contributed by atoms with Crippen molar-refractivity contribution in [2.75, 3.05) is 0 Å². The second-order valence-corrected chi connectivity index (χ2v) is 5.08. The van der Waals surface area contributed by atoms with Crippen molar-refractivity contribution >= 4 is 26.7 Å². The van der Waals surface area contributed by atoms with Gasteiger partial charge in [0.05, 0.1) is 10.9 Å². The molecule has 2 aromatic carbocycles. The van der Waals surface area contributed by atoms with Crippen molar-refractivity contribution in [2.24, 2.45) is 0 Å². The van der Waals surface area contributed by atoms with E-state index in [1.54, 1.807) is 12.1 Å². The first-order chi connectivity index (χ1) is 9.72. The number of aromatic amines is 1. The molecule has 0 fully saturated rings. The molecule has 20 heavy (non-hydrogen) atoms. The van der Waals surface area contributed by atoms with Crippen LogP contribution >= 0.6 is 15.9 Å². The smallest absolute Gasteiger partial charge is 0.267 e. The molecule has 0 saturated carbocycles. The SMILES string of the molecule is N#Cc1c(Br)ccc2c(=O)[nH]nc(-c3ccccc3)c12. The summed E-state index contributed by atoms with van der Waals surface area (Å²) in [6.45, 7) is 0. The summed E-state index contributed by atoms with van der Waals surface area (Å²) in [5, 5.41) is 17.0. The van der Waals surface area contributed by atoms with Gasteiger partial charge in [0.25, 0.3) is 5.56 Å². The maximum absolute atomic E-state index is 11.9. The Morgan fingerprint density at radius 1 is 1.15 bits per heavy atom. The molecule has 0 radical (unpaired) electrons. The van der Waals surface area contributed by atoms with E-state index in [-0.39, 0.29) is 5.56 Å². The highest BCUT2D eigenvalue weighted by atomic mass is 79.9. The summed E-state index contributed by atoms with van der Waals surface area (Å²) < 4.78 is 0.650. The second kappa shape index (κ2) is 4.91. The van der Waals surface area contributed by atoms with Crippen LogP contribution in [0.2, 0.25) is 0 Å². The van der Waals surface area contributed by atoms with E-state index in [0.717, 1.165) is 5.56 Å². The third-order valence-electron chi connectivity index (χ3n) is 3.06. The fourth-order valence-corrected chi connectivity index (χ4v) is 2.57. The van der Waals surface area contributed by atoms with Gasteiger partial charge < -0.3 is 0 Å². The van der Waals surface area contributed by atoms with Crippen molar-refractivity contribution in [1.82, 2.24) is 10.2 Å². The number of fused-ring (bicyclic) bond motifs is 1. The molecular weight excluding hydrogens is 318 g/mol. The minimum absolute atomic E-state index is 0.302. The molecule has 3 aromatic rings. The van der Waals surface area contributed by atoms with Gasteiger partial charge in [-0.25, -0.2) is 5.10 Å². The van der Waals surface area contributed by atoms with E-state index in [0.29, 0.717) is 26.5 Å². The summed E-state index contributed by atoms with van der Waals surface area (Å²) in [4.78, 5) is 11.9. The van der Waals surface area contributed by atoms with Gasteiger partial charge in [-0.05, 0) is 28.1 Å². The topological polar surface area (TPSA) is 69.5 Å². The van der Waals surface area contributed by atoms with Gasteiger partial charge in [0, 0.05) is 15.4 Å². The van der Waals surface area contributed by atoms with Crippen LogP contribution in [0.5, 0.6) is 0 Å². The lowest BCUT2D eigenvalue weighted by molar-refractivity contribution is 1.02. The van der Waals surface area contributed by atoms with Gasteiger partial charge in [0.1, 0.15) is 11.8 Å². The predicted octanol–water partition coefficient (Wildman–Crippen LogP) is 3.22. The van der Waals surface area contributed by atoms with Gasteiger partial charge in [0.15, 0.2) is 0 Å². The van der Waals surface area contributed by atoms with Crippen molar-refractivity contribution in [1.29, 1.82) is 5.26 Å². The largest absolute Gasteiger partial charge is 0.272 e. The molecular formula is C15H8BrN3O. The number of hydrogen-bond donors (Lipinski definition) is 1. The molecule has 0 amide bonds. The lowest BCUT2D eigenvalue weighted by Gasteiger charge is -2.07. The molecule has 3 rings (SSSR count). The fourth-order valence-electron chi connectivity index (χ4n) is 2.15. The van der Waals surface area contributed by atoms with E-state index in [1.807, 2.05) is 30.3 Å². The minimum Gasteiger partial charge on any atom is -0.267 e. The Bertz CT molecular complexity index is 895. The van der Waals surface area contributed by atoms with Gasteiger partial charge in [-0.2, -0.15) is 10.4 Å². The summed E-state index contributed by atoms with van der Waals surface area (Å²) in [6.07, 6.45) is 0. The van der Waals surface area contributed by atoms with Gasteiger partial charge in [-0.1, -0.05) is 30.3 Å². The van der Waals surface area contributed by atoms with E-state index in [1.165, 1.54) is 0 Å². The molecule has 96 valence electrons. The zero-order valence-corrected chi connectivity index (χ0v) is 11.8. The molecule has 5 heteroatoms. The van der Waals surface area contributed by atoms with Gasteiger partial charge >= 0.3 is 0 Å². The highest BCUT2D eigenvalue weighted by molar-refractivity contribution is 9.10. The first kappa shape index (κ1) is 12.6. The van der Waals surface area contributed by atoms with Crippen LogP contribution in [0.1, 0.15) is 5.56 Å². The number of nitrogens with zero attached hydrogens (tertiary/aromatic N) is 2. The van der Waals surface area contributed by atoms with Crippen molar-refractivity contribution in [3.05, 3.63) is 62.9 Å². The number of nitrogens with one attached hydrogen (secondary N) is 1. The van der Waals surface area contributed by atoms with Crippen LogP contribution in [-0.2, 0) is 0 Å². The lowest BCUT2D eigenvalue weighted by Crippen LogP contribution is -2.10. The lowest BCUT2D eigenvalue weighted by atomic mass is 10.0. The number of H-pyrrole nitrogens is 1. The molecule has 0 aliphatic carbocycles. The summed E-state index contributed by atoms with van der Waals surface area (Å²) in [6, 6.07) is 15.0. The second-order valence-electron chi connectivity index (χ2n) is 4.22. The summed E-state index contributed by atoms with van der Waals surface area (Å²) >= 11 is 3.35. The third kappa shape index (κ3) is 1.91. The summed E-state index contributed by atoms with van der Waals surface area (Å²) in [7, 11) is 0. The van der Waals surface area contributed by atoms with E-state index in [4.69, 9.17) is 0 Å².